The zero-order chi connectivity index (χ0) is 15.2. The molecule has 2 N–H and O–H groups in total. The highest BCUT2D eigenvalue weighted by molar-refractivity contribution is 14.1. The van der Waals surface area contributed by atoms with Crippen LogP contribution in [0.4, 0.5) is 5.69 Å². The van der Waals surface area contributed by atoms with Gasteiger partial charge in [-0.3, -0.25) is 0 Å². The maximum atomic E-state index is 10.7. The van der Waals surface area contributed by atoms with Crippen LogP contribution in [0.2, 0.25) is 5.02 Å². The van der Waals surface area contributed by atoms with Crippen LogP contribution < -0.4 is 10.1 Å². The van der Waals surface area contributed by atoms with E-state index in [-0.39, 0.29) is 5.56 Å². The predicted molar refractivity (Wildman–Crippen MR) is 91.6 cm³/mol. The number of aromatic carboxylic acids is 1. The molecule has 0 aliphatic carbocycles. The minimum Gasteiger partial charge on any atom is -0.492 e. The predicted octanol–water partition coefficient (Wildman–Crippen LogP) is 4.13. The van der Waals surface area contributed by atoms with E-state index < -0.39 is 5.97 Å². The van der Waals surface area contributed by atoms with Crippen LogP contribution in [-0.4, -0.2) is 24.2 Å². The Morgan fingerprint density at radius 1 is 1.24 bits per heavy atom. The van der Waals surface area contributed by atoms with E-state index in [9.17, 15) is 4.79 Å². The molecule has 0 aliphatic heterocycles. The lowest BCUT2D eigenvalue weighted by Gasteiger charge is -2.10. The van der Waals surface area contributed by atoms with Gasteiger partial charge < -0.3 is 15.2 Å². The van der Waals surface area contributed by atoms with Gasteiger partial charge in [-0.25, -0.2) is 4.79 Å². The number of ether oxygens (including phenoxy) is 1. The van der Waals surface area contributed by atoms with Crippen LogP contribution in [0.5, 0.6) is 5.75 Å². The molecule has 0 bridgehead atoms. The number of hydrogen-bond acceptors (Lipinski definition) is 3. The van der Waals surface area contributed by atoms with Crippen molar-refractivity contribution >= 4 is 45.8 Å². The van der Waals surface area contributed by atoms with Crippen molar-refractivity contribution in [3.8, 4) is 5.75 Å². The van der Waals surface area contributed by atoms with Gasteiger partial charge in [-0.15, -0.1) is 0 Å². The van der Waals surface area contributed by atoms with Crippen LogP contribution in [0.15, 0.2) is 42.5 Å². The first-order valence-corrected chi connectivity index (χ1v) is 7.67. The molecule has 0 amide bonds. The molecule has 0 aromatic heterocycles. The standard InChI is InChI=1S/C15H13ClINO3/c16-11-3-6-14(13(17)9-11)18-7-8-21-12-4-1-10(2-5-12)15(19)20/h1-6,9,18H,7-8H2,(H,19,20). The van der Waals surface area contributed by atoms with Crippen LogP contribution in [-0.2, 0) is 0 Å². The number of anilines is 1. The number of rotatable bonds is 6. The lowest BCUT2D eigenvalue weighted by Crippen LogP contribution is -2.12. The molecule has 0 unspecified atom stereocenters. The number of benzene rings is 2. The normalized spacial score (nSPS) is 10.2. The molecule has 0 atom stereocenters. The van der Waals surface area contributed by atoms with Crippen molar-refractivity contribution < 1.29 is 14.6 Å². The van der Waals surface area contributed by atoms with Gasteiger partial charge in [0, 0.05) is 20.8 Å². The van der Waals surface area contributed by atoms with Crippen molar-refractivity contribution in [2.75, 3.05) is 18.5 Å². The average molecular weight is 418 g/mol. The van der Waals surface area contributed by atoms with E-state index in [2.05, 4.69) is 27.9 Å². The van der Waals surface area contributed by atoms with Gasteiger partial charge in [0.25, 0.3) is 0 Å². The molecule has 6 heteroatoms. The van der Waals surface area contributed by atoms with Gasteiger partial charge in [-0.2, -0.15) is 0 Å². The Morgan fingerprint density at radius 2 is 1.95 bits per heavy atom. The Labute approximate surface area is 141 Å². The number of carboxylic acids is 1. The number of carbonyl (C=O) groups is 1. The van der Waals surface area contributed by atoms with Crippen LogP contribution in [0.3, 0.4) is 0 Å². The molecule has 4 nitrogen and oxygen atoms in total. The topological polar surface area (TPSA) is 58.6 Å². The van der Waals surface area contributed by atoms with Crippen molar-refractivity contribution in [1.82, 2.24) is 0 Å². The molecule has 110 valence electrons. The van der Waals surface area contributed by atoms with E-state index in [1.165, 1.54) is 12.1 Å². The molecule has 0 radical (unpaired) electrons. The van der Waals surface area contributed by atoms with E-state index >= 15 is 0 Å². The largest absolute Gasteiger partial charge is 0.492 e. The minimum atomic E-state index is -0.944. The van der Waals surface area contributed by atoms with Gasteiger partial charge in [-0.1, -0.05) is 11.6 Å². The SMILES string of the molecule is O=C(O)c1ccc(OCCNc2ccc(Cl)cc2I)cc1. The Balaban J connectivity index is 1.80. The van der Waals surface area contributed by atoms with E-state index in [0.717, 1.165) is 9.26 Å². The summed E-state index contributed by atoms with van der Waals surface area (Å²) in [5, 5.41) is 12.8. The zero-order valence-electron chi connectivity index (χ0n) is 11.0. The summed E-state index contributed by atoms with van der Waals surface area (Å²) in [5.41, 5.74) is 1.25. The van der Waals surface area contributed by atoms with E-state index in [1.807, 2.05) is 18.2 Å². The Morgan fingerprint density at radius 3 is 2.57 bits per heavy atom. The molecule has 0 fully saturated rings. The van der Waals surface area contributed by atoms with Gasteiger partial charge in [0.1, 0.15) is 12.4 Å². The first-order chi connectivity index (χ1) is 10.1. The fraction of sp³-hybridized carbons (Fsp3) is 0.133. The quantitative estimate of drug-likeness (QED) is 0.548. The first-order valence-electron chi connectivity index (χ1n) is 6.21. The van der Waals surface area contributed by atoms with Crippen molar-refractivity contribution in [3.63, 3.8) is 0 Å². The first kappa shape index (κ1) is 15.9. The van der Waals surface area contributed by atoms with Gasteiger partial charge in [0.15, 0.2) is 0 Å². The van der Waals surface area contributed by atoms with Crippen LogP contribution in [0.1, 0.15) is 10.4 Å². The summed E-state index contributed by atoms with van der Waals surface area (Å²) < 4.78 is 6.59. The maximum Gasteiger partial charge on any atom is 0.335 e. The lowest BCUT2D eigenvalue weighted by molar-refractivity contribution is 0.0697. The summed E-state index contributed by atoms with van der Waals surface area (Å²) >= 11 is 8.11. The van der Waals surface area contributed by atoms with Gasteiger partial charge in [-0.05, 0) is 65.1 Å². The third kappa shape index (κ3) is 4.78. The van der Waals surface area contributed by atoms with Crippen molar-refractivity contribution in [2.24, 2.45) is 0 Å². The molecular weight excluding hydrogens is 405 g/mol. The van der Waals surface area contributed by atoms with Crippen LogP contribution >= 0.6 is 34.2 Å². The van der Waals surface area contributed by atoms with Gasteiger partial charge in [0.05, 0.1) is 5.56 Å². The average Bonchev–Trinajstić information content (AvgIpc) is 2.46. The van der Waals surface area contributed by atoms with Crippen LogP contribution in [0.25, 0.3) is 0 Å². The lowest BCUT2D eigenvalue weighted by atomic mass is 10.2. The van der Waals surface area contributed by atoms with Gasteiger partial charge in [0.2, 0.25) is 0 Å². The second-order valence-corrected chi connectivity index (χ2v) is 5.83. The van der Waals surface area contributed by atoms with Gasteiger partial charge >= 0.3 is 5.97 Å². The van der Waals surface area contributed by atoms with E-state index in [1.54, 1.807) is 12.1 Å². The summed E-state index contributed by atoms with van der Waals surface area (Å²) in [6, 6.07) is 12.0. The summed E-state index contributed by atoms with van der Waals surface area (Å²) in [6.07, 6.45) is 0. The molecule has 0 saturated carbocycles. The second kappa shape index (κ2) is 7.51. The zero-order valence-corrected chi connectivity index (χ0v) is 13.9. The van der Waals surface area contributed by atoms with Crippen molar-refractivity contribution in [3.05, 3.63) is 56.6 Å². The Bertz CT molecular complexity index is 631. The number of hydrogen-bond donors (Lipinski definition) is 2. The smallest absolute Gasteiger partial charge is 0.335 e. The fourth-order valence-electron chi connectivity index (χ4n) is 1.68. The molecule has 0 aliphatic rings. The molecule has 0 spiro atoms. The molecule has 0 saturated heterocycles. The summed E-state index contributed by atoms with van der Waals surface area (Å²) in [5.74, 6) is -0.298. The summed E-state index contributed by atoms with van der Waals surface area (Å²) in [6.45, 7) is 1.11. The van der Waals surface area contributed by atoms with Crippen LogP contribution in [0, 0.1) is 3.57 Å². The van der Waals surface area contributed by atoms with E-state index in [0.29, 0.717) is 23.9 Å². The molecule has 0 heterocycles. The monoisotopic (exact) mass is 417 g/mol. The second-order valence-electron chi connectivity index (χ2n) is 4.23. The maximum absolute atomic E-state index is 10.7. The summed E-state index contributed by atoms with van der Waals surface area (Å²) in [7, 11) is 0. The summed E-state index contributed by atoms with van der Waals surface area (Å²) in [4.78, 5) is 10.7. The highest BCUT2D eigenvalue weighted by Gasteiger charge is 2.02. The van der Waals surface area contributed by atoms with E-state index in [4.69, 9.17) is 21.4 Å². The molecular formula is C15H13ClINO3. The molecule has 2 rings (SSSR count). The highest BCUT2D eigenvalue weighted by Crippen LogP contribution is 2.22. The third-order valence-corrected chi connectivity index (χ3v) is 3.85. The number of halogens is 2. The Hall–Kier alpha value is -1.47. The highest BCUT2D eigenvalue weighted by atomic mass is 127. The van der Waals surface area contributed by atoms with Crippen molar-refractivity contribution in [1.29, 1.82) is 0 Å². The molecule has 2 aromatic carbocycles. The molecule has 21 heavy (non-hydrogen) atoms. The molecule has 2 aromatic rings. The number of nitrogens with one attached hydrogen (secondary N) is 1. The number of carboxylic acid groups (broad SMARTS) is 1. The minimum absolute atomic E-state index is 0.246. The third-order valence-electron chi connectivity index (χ3n) is 2.72. The van der Waals surface area contributed by atoms with Crippen molar-refractivity contribution in [2.45, 2.75) is 0 Å². The fourth-order valence-corrected chi connectivity index (χ4v) is 2.74. The Kier molecular flexibility index (Phi) is 5.69.